The highest BCUT2D eigenvalue weighted by Gasteiger charge is 2.21. The first-order valence-electron chi connectivity index (χ1n) is 8.44. The maximum absolute atomic E-state index is 12.7. The topological polar surface area (TPSA) is 128 Å². The first kappa shape index (κ1) is 21.3. The molecule has 0 fully saturated rings. The molecule has 11 heteroatoms. The van der Waals surface area contributed by atoms with Crippen LogP contribution < -0.4 is 10.0 Å². The molecule has 0 bridgehead atoms. The van der Waals surface area contributed by atoms with Crippen LogP contribution in [0.15, 0.2) is 58.1 Å². The van der Waals surface area contributed by atoms with Crippen LogP contribution in [-0.4, -0.2) is 32.6 Å². The number of aryl methyl sites for hydroxylation is 1. The molecule has 1 amide bonds. The zero-order valence-electron chi connectivity index (χ0n) is 15.8. The SMILES string of the molecule is COC(=O)c1ccc(Cl)c(S(=O)(=O)Nc2ccc(NC(=O)c3cnoc3C)cc2)c1. The number of aromatic nitrogens is 1. The van der Waals surface area contributed by atoms with E-state index in [4.69, 9.17) is 16.1 Å². The van der Waals surface area contributed by atoms with E-state index in [0.29, 0.717) is 17.0 Å². The minimum atomic E-state index is -4.08. The highest BCUT2D eigenvalue weighted by atomic mass is 35.5. The number of rotatable bonds is 6. The lowest BCUT2D eigenvalue weighted by atomic mass is 10.2. The van der Waals surface area contributed by atoms with Crippen LogP contribution in [0.5, 0.6) is 0 Å². The van der Waals surface area contributed by atoms with Gasteiger partial charge in [-0.25, -0.2) is 13.2 Å². The van der Waals surface area contributed by atoms with E-state index in [1.54, 1.807) is 6.92 Å². The van der Waals surface area contributed by atoms with E-state index in [-0.39, 0.29) is 21.2 Å². The summed E-state index contributed by atoms with van der Waals surface area (Å²) in [4.78, 5) is 23.6. The van der Waals surface area contributed by atoms with Gasteiger partial charge in [-0.15, -0.1) is 0 Å². The predicted molar refractivity (Wildman–Crippen MR) is 109 cm³/mol. The van der Waals surface area contributed by atoms with Gasteiger partial charge in [0.2, 0.25) is 0 Å². The van der Waals surface area contributed by atoms with Crippen molar-refractivity contribution in [3.63, 3.8) is 0 Å². The van der Waals surface area contributed by atoms with Crippen LogP contribution in [0.25, 0.3) is 0 Å². The van der Waals surface area contributed by atoms with Crippen molar-refractivity contribution in [2.75, 3.05) is 17.1 Å². The van der Waals surface area contributed by atoms with E-state index in [2.05, 4.69) is 19.9 Å². The summed E-state index contributed by atoms with van der Waals surface area (Å²) in [5.74, 6) is -0.720. The molecule has 0 atom stereocenters. The molecule has 30 heavy (non-hydrogen) atoms. The largest absolute Gasteiger partial charge is 0.465 e. The van der Waals surface area contributed by atoms with E-state index in [9.17, 15) is 18.0 Å². The first-order valence-corrected chi connectivity index (χ1v) is 10.3. The van der Waals surface area contributed by atoms with Gasteiger partial charge < -0.3 is 14.6 Å². The fraction of sp³-hybridized carbons (Fsp3) is 0.105. The van der Waals surface area contributed by atoms with Crippen LogP contribution in [0.4, 0.5) is 11.4 Å². The summed E-state index contributed by atoms with van der Waals surface area (Å²) in [7, 11) is -2.89. The van der Waals surface area contributed by atoms with Gasteiger partial charge in [0, 0.05) is 11.4 Å². The van der Waals surface area contributed by atoms with Crippen molar-refractivity contribution >= 4 is 44.9 Å². The fourth-order valence-electron chi connectivity index (χ4n) is 2.50. The van der Waals surface area contributed by atoms with Gasteiger partial charge in [0.25, 0.3) is 15.9 Å². The Kier molecular flexibility index (Phi) is 6.09. The van der Waals surface area contributed by atoms with Gasteiger partial charge in [0.1, 0.15) is 16.2 Å². The number of methoxy groups -OCH3 is 1. The average Bonchev–Trinajstić information content (AvgIpc) is 3.15. The minimum Gasteiger partial charge on any atom is -0.465 e. The molecule has 3 rings (SSSR count). The summed E-state index contributed by atoms with van der Waals surface area (Å²) in [5, 5.41) is 6.15. The molecule has 2 aromatic carbocycles. The number of nitrogens with zero attached hydrogens (tertiary/aromatic N) is 1. The van der Waals surface area contributed by atoms with Gasteiger partial charge in [-0.1, -0.05) is 16.8 Å². The van der Waals surface area contributed by atoms with E-state index >= 15 is 0 Å². The lowest BCUT2D eigenvalue weighted by Crippen LogP contribution is -2.15. The van der Waals surface area contributed by atoms with Crippen LogP contribution in [0, 0.1) is 6.92 Å². The quantitative estimate of drug-likeness (QED) is 0.551. The van der Waals surface area contributed by atoms with Crippen molar-refractivity contribution in [3.05, 3.63) is 70.6 Å². The Morgan fingerprint density at radius 2 is 1.77 bits per heavy atom. The summed E-state index contributed by atoms with van der Waals surface area (Å²) in [6.45, 7) is 1.61. The zero-order valence-corrected chi connectivity index (χ0v) is 17.4. The number of hydrogen-bond donors (Lipinski definition) is 2. The van der Waals surface area contributed by atoms with Gasteiger partial charge in [0.15, 0.2) is 0 Å². The molecule has 0 spiro atoms. The zero-order chi connectivity index (χ0) is 21.9. The summed E-state index contributed by atoms with van der Waals surface area (Å²) >= 11 is 6.01. The smallest absolute Gasteiger partial charge is 0.337 e. The van der Waals surface area contributed by atoms with E-state index in [1.807, 2.05) is 0 Å². The molecule has 156 valence electrons. The minimum absolute atomic E-state index is 0.0457. The number of amides is 1. The second-order valence-corrected chi connectivity index (χ2v) is 8.13. The molecular weight excluding hydrogens is 434 g/mol. The summed E-state index contributed by atoms with van der Waals surface area (Å²) in [6.07, 6.45) is 1.30. The van der Waals surface area contributed by atoms with Gasteiger partial charge in [-0.3, -0.25) is 9.52 Å². The van der Waals surface area contributed by atoms with Crippen LogP contribution in [0.3, 0.4) is 0 Å². The number of benzene rings is 2. The summed E-state index contributed by atoms with van der Waals surface area (Å²) in [5.41, 5.74) is 1.01. The van der Waals surface area contributed by atoms with Crippen molar-refractivity contribution < 1.29 is 27.3 Å². The Balaban J connectivity index is 1.77. The Labute approximate surface area is 177 Å². The Morgan fingerprint density at radius 1 is 1.10 bits per heavy atom. The average molecular weight is 450 g/mol. The lowest BCUT2D eigenvalue weighted by Gasteiger charge is -2.11. The van der Waals surface area contributed by atoms with Crippen molar-refractivity contribution in [1.29, 1.82) is 0 Å². The lowest BCUT2D eigenvalue weighted by molar-refractivity contribution is 0.0600. The van der Waals surface area contributed by atoms with Crippen LogP contribution in [0.2, 0.25) is 5.02 Å². The number of carbonyl (C=O) groups excluding carboxylic acids is 2. The van der Waals surface area contributed by atoms with Crippen molar-refractivity contribution in [2.45, 2.75) is 11.8 Å². The third-order valence-corrected chi connectivity index (χ3v) is 5.90. The monoisotopic (exact) mass is 449 g/mol. The number of carbonyl (C=O) groups is 2. The number of sulfonamides is 1. The number of nitrogens with one attached hydrogen (secondary N) is 2. The molecule has 0 saturated heterocycles. The molecule has 0 aliphatic carbocycles. The second-order valence-electron chi connectivity index (χ2n) is 6.07. The highest BCUT2D eigenvalue weighted by molar-refractivity contribution is 7.92. The van der Waals surface area contributed by atoms with E-state index in [0.717, 1.165) is 6.07 Å². The molecule has 0 aliphatic rings. The number of halogens is 1. The number of anilines is 2. The van der Waals surface area contributed by atoms with Gasteiger partial charge in [-0.05, 0) is 49.4 Å². The highest BCUT2D eigenvalue weighted by Crippen LogP contribution is 2.26. The molecular formula is C19H16ClN3O6S. The molecule has 1 aromatic heterocycles. The third kappa shape index (κ3) is 4.61. The van der Waals surface area contributed by atoms with Crippen molar-refractivity contribution in [3.8, 4) is 0 Å². The molecule has 3 aromatic rings. The third-order valence-electron chi connectivity index (χ3n) is 4.03. The van der Waals surface area contributed by atoms with Gasteiger partial charge in [-0.2, -0.15) is 0 Å². The second kappa shape index (κ2) is 8.56. The molecule has 1 heterocycles. The predicted octanol–water partition coefficient (Wildman–Crippen LogP) is 3.48. The molecule has 2 N–H and O–H groups in total. The Bertz CT molecular complexity index is 1210. The van der Waals surface area contributed by atoms with E-state index in [1.165, 1.54) is 49.7 Å². The van der Waals surface area contributed by atoms with Crippen LogP contribution in [-0.2, 0) is 14.8 Å². The number of ether oxygens (including phenoxy) is 1. The fourth-order valence-corrected chi connectivity index (χ4v) is 4.09. The van der Waals surface area contributed by atoms with Crippen LogP contribution >= 0.6 is 11.6 Å². The molecule has 0 radical (unpaired) electrons. The Hall–Kier alpha value is -3.37. The standard InChI is InChI=1S/C19H16ClN3O6S/c1-11-15(10-21-29-11)18(24)22-13-4-6-14(7-5-13)23-30(26,27)17-9-12(19(25)28-2)3-8-16(17)20/h3-10,23H,1-2H3,(H,22,24). The maximum Gasteiger partial charge on any atom is 0.337 e. The number of esters is 1. The molecule has 0 saturated carbocycles. The van der Waals surface area contributed by atoms with Crippen molar-refractivity contribution in [2.24, 2.45) is 0 Å². The van der Waals surface area contributed by atoms with Crippen LogP contribution in [0.1, 0.15) is 26.5 Å². The molecule has 0 unspecified atom stereocenters. The van der Waals surface area contributed by atoms with Gasteiger partial charge in [0.05, 0.1) is 23.9 Å². The molecule has 9 nitrogen and oxygen atoms in total. The normalized spacial score (nSPS) is 11.0. The summed E-state index contributed by atoms with van der Waals surface area (Å²) < 4.78 is 37.2. The maximum atomic E-state index is 12.7. The first-order chi connectivity index (χ1) is 14.2. The number of hydrogen-bond acceptors (Lipinski definition) is 7. The molecule has 0 aliphatic heterocycles. The summed E-state index contributed by atoms with van der Waals surface area (Å²) in [6, 6.07) is 9.76. The van der Waals surface area contributed by atoms with Crippen molar-refractivity contribution in [1.82, 2.24) is 5.16 Å². The van der Waals surface area contributed by atoms with E-state index < -0.39 is 21.9 Å². The van der Waals surface area contributed by atoms with Gasteiger partial charge >= 0.3 is 5.97 Å². The Morgan fingerprint density at radius 3 is 2.37 bits per heavy atom.